The Bertz CT molecular complexity index is 507. The molecule has 2 aromatic rings. The highest BCUT2D eigenvalue weighted by atomic mass is 35.5. The van der Waals surface area contributed by atoms with Crippen LogP contribution in [-0.4, -0.2) is 0 Å². The highest BCUT2D eigenvalue weighted by molar-refractivity contribution is 6.30. The van der Waals surface area contributed by atoms with Crippen LogP contribution in [0.1, 0.15) is 17.2 Å². The first-order valence-corrected chi connectivity index (χ1v) is 5.80. The van der Waals surface area contributed by atoms with Gasteiger partial charge in [0.1, 0.15) is 0 Å². The van der Waals surface area contributed by atoms with E-state index >= 15 is 0 Å². The third-order valence-corrected chi connectivity index (χ3v) is 3.26. The van der Waals surface area contributed by atoms with Gasteiger partial charge in [0.2, 0.25) is 0 Å². The molecule has 0 bridgehead atoms. The highest BCUT2D eigenvalue weighted by Gasteiger charge is 2.21. The average Bonchev–Trinajstić information content (AvgIpc) is 2.73. The summed E-state index contributed by atoms with van der Waals surface area (Å²) in [4.78, 5) is 0. The van der Waals surface area contributed by atoms with E-state index < -0.39 is 0 Å². The second-order valence-electron chi connectivity index (χ2n) is 4.11. The average molecular weight is 230 g/mol. The molecule has 0 aromatic heterocycles. The molecule has 1 heterocycles. The number of rotatable bonds is 1. The van der Waals surface area contributed by atoms with E-state index in [1.165, 1.54) is 16.8 Å². The molecule has 1 aliphatic heterocycles. The topological polar surface area (TPSA) is 12.0 Å². The summed E-state index contributed by atoms with van der Waals surface area (Å²) in [5, 5.41) is 4.33. The third-order valence-electron chi connectivity index (χ3n) is 3.02. The van der Waals surface area contributed by atoms with Gasteiger partial charge in [0.05, 0.1) is 6.04 Å². The highest BCUT2D eigenvalue weighted by Crippen LogP contribution is 2.35. The zero-order chi connectivity index (χ0) is 11.0. The monoisotopic (exact) mass is 229 g/mol. The van der Waals surface area contributed by atoms with E-state index in [1.54, 1.807) is 0 Å². The number of benzene rings is 2. The number of fused-ring (bicyclic) bond motifs is 1. The van der Waals surface area contributed by atoms with Crippen LogP contribution in [0.15, 0.2) is 48.5 Å². The summed E-state index contributed by atoms with van der Waals surface area (Å²) in [6, 6.07) is 16.9. The van der Waals surface area contributed by atoms with Crippen LogP contribution in [-0.2, 0) is 6.42 Å². The molecular formula is C14H12ClN. The van der Waals surface area contributed by atoms with Gasteiger partial charge in [-0.3, -0.25) is 0 Å². The first-order chi connectivity index (χ1) is 7.83. The fourth-order valence-corrected chi connectivity index (χ4v) is 2.41. The number of anilines is 1. The van der Waals surface area contributed by atoms with Gasteiger partial charge in [-0.05, 0) is 35.7 Å². The summed E-state index contributed by atoms with van der Waals surface area (Å²) in [5.74, 6) is 0. The van der Waals surface area contributed by atoms with Gasteiger partial charge in [-0.25, -0.2) is 0 Å². The summed E-state index contributed by atoms with van der Waals surface area (Å²) in [5.41, 5.74) is 3.84. The van der Waals surface area contributed by atoms with Gasteiger partial charge in [-0.2, -0.15) is 0 Å². The zero-order valence-corrected chi connectivity index (χ0v) is 9.54. The molecule has 16 heavy (non-hydrogen) atoms. The van der Waals surface area contributed by atoms with Crippen molar-refractivity contribution < 1.29 is 0 Å². The molecule has 1 aliphatic rings. The third kappa shape index (κ3) is 1.68. The Morgan fingerprint density at radius 3 is 2.69 bits per heavy atom. The van der Waals surface area contributed by atoms with E-state index in [-0.39, 0.29) is 0 Å². The van der Waals surface area contributed by atoms with E-state index in [1.807, 2.05) is 18.2 Å². The standard InChI is InChI=1S/C14H12ClN/c15-12-6-7-13-11(8-12)9-14(16-13)10-4-2-1-3-5-10/h1-8,14,16H,9H2. The molecular weight excluding hydrogens is 218 g/mol. The molecule has 0 fully saturated rings. The number of hydrogen-bond donors (Lipinski definition) is 1. The molecule has 1 unspecified atom stereocenters. The van der Waals surface area contributed by atoms with E-state index in [2.05, 4.69) is 35.6 Å². The molecule has 2 aromatic carbocycles. The predicted octanol–water partition coefficient (Wildman–Crippen LogP) is 4.05. The van der Waals surface area contributed by atoms with Crippen molar-refractivity contribution in [3.05, 3.63) is 64.7 Å². The Labute approximate surface area is 100 Å². The minimum absolute atomic E-state index is 0.384. The van der Waals surface area contributed by atoms with Crippen LogP contribution < -0.4 is 5.32 Å². The van der Waals surface area contributed by atoms with Crippen LogP contribution in [0, 0.1) is 0 Å². The van der Waals surface area contributed by atoms with E-state index in [4.69, 9.17) is 11.6 Å². The molecule has 0 amide bonds. The van der Waals surface area contributed by atoms with Gasteiger partial charge in [0, 0.05) is 10.7 Å². The first kappa shape index (κ1) is 9.73. The van der Waals surface area contributed by atoms with Gasteiger partial charge in [-0.1, -0.05) is 41.9 Å². The Morgan fingerprint density at radius 1 is 1.06 bits per heavy atom. The zero-order valence-electron chi connectivity index (χ0n) is 8.78. The molecule has 1 N–H and O–H groups in total. The molecule has 1 atom stereocenters. The van der Waals surface area contributed by atoms with Crippen molar-refractivity contribution in [2.24, 2.45) is 0 Å². The van der Waals surface area contributed by atoms with Crippen LogP contribution in [0.4, 0.5) is 5.69 Å². The van der Waals surface area contributed by atoms with Crippen LogP contribution in [0.2, 0.25) is 5.02 Å². The molecule has 0 aliphatic carbocycles. The summed E-state index contributed by atoms with van der Waals surface area (Å²) < 4.78 is 0. The molecule has 80 valence electrons. The fraction of sp³-hybridized carbons (Fsp3) is 0.143. The Balaban J connectivity index is 1.91. The molecule has 0 saturated carbocycles. The first-order valence-electron chi connectivity index (χ1n) is 5.43. The maximum Gasteiger partial charge on any atom is 0.0555 e. The summed E-state index contributed by atoms with van der Waals surface area (Å²) in [6.07, 6.45) is 1.01. The van der Waals surface area contributed by atoms with E-state index in [9.17, 15) is 0 Å². The van der Waals surface area contributed by atoms with Crippen molar-refractivity contribution in [1.29, 1.82) is 0 Å². The van der Waals surface area contributed by atoms with Crippen molar-refractivity contribution in [1.82, 2.24) is 0 Å². The molecule has 0 spiro atoms. The fourth-order valence-electron chi connectivity index (χ4n) is 2.22. The smallest absolute Gasteiger partial charge is 0.0555 e. The number of hydrogen-bond acceptors (Lipinski definition) is 1. The lowest BCUT2D eigenvalue weighted by Crippen LogP contribution is -2.04. The molecule has 0 saturated heterocycles. The Hall–Kier alpha value is -1.47. The maximum absolute atomic E-state index is 5.99. The maximum atomic E-state index is 5.99. The second kappa shape index (κ2) is 3.84. The van der Waals surface area contributed by atoms with Crippen molar-refractivity contribution in [3.8, 4) is 0 Å². The SMILES string of the molecule is Clc1ccc2c(c1)CC(c1ccccc1)N2. The normalized spacial score (nSPS) is 17.9. The summed E-state index contributed by atoms with van der Waals surface area (Å²) in [6.45, 7) is 0. The largest absolute Gasteiger partial charge is 0.378 e. The Kier molecular flexibility index (Phi) is 2.33. The lowest BCUT2D eigenvalue weighted by Gasteiger charge is -2.10. The van der Waals surface area contributed by atoms with Crippen molar-refractivity contribution in [3.63, 3.8) is 0 Å². The van der Waals surface area contributed by atoms with E-state index in [0.717, 1.165) is 11.4 Å². The molecule has 1 nitrogen and oxygen atoms in total. The van der Waals surface area contributed by atoms with Crippen LogP contribution in [0.3, 0.4) is 0 Å². The van der Waals surface area contributed by atoms with Crippen molar-refractivity contribution in [2.75, 3.05) is 5.32 Å². The number of nitrogens with one attached hydrogen (secondary N) is 1. The lowest BCUT2D eigenvalue weighted by molar-refractivity contribution is 0.824. The predicted molar refractivity (Wildman–Crippen MR) is 68.0 cm³/mol. The van der Waals surface area contributed by atoms with Gasteiger partial charge >= 0.3 is 0 Å². The summed E-state index contributed by atoms with van der Waals surface area (Å²) in [7, 11) is 0. The summed E-state index contributed by atoms with van der Waals surface area (Å²) >= 11 is 5.99. The quantitative estimate of drug-likeness (QED) is 0.778. The Morgan fingerprint density at radius 2 is 1.88 bits per heavy atom. The minimum atomic E-state index is 0.384. The second-order valence-corrected chi connectivity index (χ2v) is 4.55. The lowest BCUT2D eigenvalue weighted by atomic mass is 10.0. The van der Waals surface area contributed by atoms with Gasteiger partial charge in [0.15, 0.2) is 0 Å². The van der Waals surface area contributed by atoms with Crippen LogP contribution in [0.5, 0.6) is 0 Å². The van der Waals surface area contributed by atoms with Crippen LogP contribution in [0.25, 0.3) is 0 Å². The number of halogens is 1. The van der Waals surface area contributed by atoms with Gasteiger partial charge < -0.3 is 5.32 Å². The van der Waals surface area contributed by atoms with E-state index in [0.29, 0.717) is 6.04 Å². The molecule has 3 rings (SSSR count). The molecule has 2 heteroatoms. The van der Waals surface area contributed by atoms with Crippen LogP contribution >= 0.6 is 11.6 Å². The van der Waals surface area contributed by atoms with Gasteiger partial charge in [-0.15, -0.1) is 0 Å². The van der Waals surface area contributed by atoms with Gasteiger partial charge in [0.25, 0.3) is 0 Å². The van der Waals surface area contributed by atoms with Crippen molar-refractivity contribution >= 4 is 17.3 Å². The van der Waals surface area contributed by atoms with Crippen molar-refractivity contribution in [2.45, 2.75) is 12.5 Å². The minimum Gasteiger partial charge on any atom is -0.378 e. The molecule has 0 radical (unpaired) electrons.